The lowest BCUT2D eigenvalue weighted by Gasteiger charge is -2.13. The Bertz CT molecular complexity index is 597. The van der Waals surface area contributed by atoms with Gasteiger partial charge >= 0.3 is 0 Å². The monoisotopic (exact) mass is 337 g/mol. The van der Waals surface area contributed by atoms with E-state index in [0.29, 0.717) is 23.6 Å². The lowest BCUT2D eigenvalue weighted by molar-refractivity contribution is 0.101. The molecule has 0 saturated carbocycles. The smallest absolute Gasteiger partial charge is 0.163 e. The normalized spacial score (nSPS) is 10.5. The van der Waals surface area contributed by atoms with E-state index in [1.165, 1.54) is 6.92 Å². The standard InChI is InChI=1S/C14H16BrN3O2/c1-10(19)12-7-11(15)8-13(16)14(12)20-6-2-4-18-5-3-17-9-18/h3,5,7-9H,2,4,6,16H2,1H3. The van der Waals surface area contributed by atoms with Crippen molar-refractivity contribution in [3.05, 3.63) is 40.9 Å². The Hall–Kier alpha value is -1.82. The van der Waals surface area contributed by atoms with E-state index in [1.807, 2.05) is 10.8 Å². The summed E-state index contributed by atoms with van der Waals surface area (Å²) in [6, 6.07) is 3.46. The van der Waals surface area contributed by atoms with E-state index >= 15 is 0 Å². The summed E-state index contributed by atoms with van der Waals surface area (Å²) in [4.78, 5) is 15.6. The largest absolute Gasteiger partial charge is 0.491 e. The molecule has 0 aliphatic heterocycles. The van der Waals surface area contributed by atoms with Crippen molar-refractivity contribution in [3.63, 3.8) is 0 Å². The van der Waals surface area contributed by atoms with E-state index in [9.17, 15) is 4.79 Å². The second-order valence-electron chi connectivity index (χ2n) is 4.43. The van der Waals surface area contributed by atoms with Crippen LogP contribution in [0.4, 0.5) is 5.69 Å². The summed E-state index contributed by atoms with van der Waals surface area (Å²) in [5.74, 6) is 0.397. The number of carbonyl (C=O) groups is 1. The molecule has 1 aromatic carbocycles. The van der Waals surface area contributed by atoms with Crippen LogP contribution in [0.1, 0.15) is 23.7 Å². The zero-order valence-electron chi connectivity index (χ0n) is 11.2. The Morgan fingerprint density at radius 2 is 2.30 bits per heavy atom. The maximum atomic E-state index is 11.6. The number of anilines is 1. The average molecular weight is 338 g/mol. The van der Waals surface area contributed by atoms with E-state index in [0.717, 1.165) is 17.4 Å². The second kappa shape index (κ2) is 6.56. The van der Waals surface area contributed by atoms with Crippen LogP contribution >= 0.6 is 15.9 Å². The molecule has 106 valence electrons. The van der Waals surface area contributed by atoms with Gasteiger partial charge in [-0.1, -0.05) is 15.9 Å². The number of aryl methyl sites for hydroxylation is 1. The minimum Gasteiger partial charge on any atom is -0.491 e. The maximum Gasteiger partial charge on any atom is 0.163 e. The van der Waals surface area contributed by atoms with Gasteiger partial charge in [-0.25, -0.2) is 4.98 Å². The average Bonchev–Trinajstić information content (AvgIpc) is 2.88. The van der Waals surface area contributed by atoms with Gasteiger partial charge < -0.3 is 15.0 Å². The molecule has 20 heavy (non-hydrogen) atoms. The Morgan fingerprint density at radius 3 is 2.95 bits per heavy atom. The third-order valence-corrected chi connectivity index (χ3v) is 3.29. The molecule has 0 aliphatic carbocycles. The molecule has 0 atom stereocenters. The predicted molar refractivity (Wildman–Crippen MR) is 80.9 cm³/mol. The summed E-state index contributed by atoms with van der Waals surface area (Å²) < 4.78 is 8.42. The molecule has 1 heterocycles. The number of halogens is 1. The fraction of sp³-hybridized carbons (Fsp3) is 0.286. The fourth-order valence-electron chi connectivity index (χ4n) is 1.88. The first-order valence-electron chi connectivity index (χ1n) is 6.26. The van der Waals surface area contributed by atoms with Crippen molar-refractivity contribution in [1.29, 1.82) is 0 Å². The highest BCUT2D eigenvalue weighted by Gasteiger charge is 2.13. The highest BCUT2D eigenvalue weighted by molar-refractivity contribution is 9.10. The van der Waals surface area contributed by atoms with E-state index in [1.54, 1.807) is 24.7 Å². The highest BCUT2D eigenvalue weighted by Crippen LogP contribution is 2.31. The minimum atomic E-state index is -0.0670. The van der Waals surface area contributed by atoms with Crippen LogP contribution in [0, 0.1) is 0 Å². The van der Waals surface area contributed by atoms with Crippen molar-refractivity contribution in [3.8, 4) is 5.75 Å². The number of hydrogen-bond donors (Lipinski definition) is 1. The van der Waals surface area contributed by atoms with Crippen molar-refractivity contribution in [2.45, 2.75) is 19.9 Å². The summed E-state index contributed by atoms with van der Waals surface area (Å²) in [6.07, 6.45) is 6.20. The van der Waals surface area contributed by atoms with Gasteiger partial charge in [0.1, 0.15) is 0 Å². The quantitative estimate of drug-likeness (QED) is 0.499. The number of benzene rings is 1. The molecule has 5 nitrogen and oxygen atoms in total. The van der Waals surface area contributed by atoms with E-state index < -0.39 is 0 Å². The van der Waals surface area contributed by atoms with Crippen LogP contribution in [-0.2, 0) is 6.54 Å². The number of carbonyl (C=O) groups excluding carboxylic acids is 1. The molecule has 0 aliphatic rings. The summed E-state index contributed by atoms with van der Waals surface area (Å²) in [5, 5.41) is 0. The molecule has 0 amide bonds. The summed E-state index contributed by atoms with van der Waals surface area (Å²) in [6.45, 7) is 2.80. The van der Waals surface area contributed by atoms with Gasteiger partial charge in [-0.2, -0.15) is 0 Å². The summed E-state index contributed by atoms with van der Waals surface area (Å²) in [7, 11) is 0. The van der Waals surface area contributed by atoms with Gasteiger partial charge in [0.25, 0.3) is 0 Å². The number of ketones is 1. The number of rotatable bonds is 6. The third-order valence-electron chi connectivity index (χ3n) is 2.83. The first-order valence-corrected chi connectivity index (χ1v) is 7.05. The molecule has 2 rings (SSSR count). The zero-order valence-corrected chi connectivity index (χ0v) is 12.8. The fourth-order valence-corrected chi connectivity index (χ4v) is 2.35. The number of nitrogens with two attached hydrogens (primary N) is 1. The van der Waals surface area contributed by atoms with Crippen LogP contribution in [0.15, 0.2) is 35.3 Å². The minimum absolute atomic E-state index is 0.0670. The van der Waals surface area contributed by atoms with Crippen molar-refractivity contribution in [1.82, 2.24) is 9.55 Å². The molecule has 0 radical (unpaired) electrons. The number of imidazole rings is 1. The van der Waals surface area contributed by atoms with Gasteiger partial charge in [-0.05, 0) is 25.5 Å². The Labute approximate surface area is 125 Å². The molecule has 2 aromatic rings. The number of ether oxygens (including phenoxy) is 1. The summed E-state index contributed by atoms with van der Waals surface area (Å²) in [5.41, 5.74) is 6.88. The number of nitrogen functional groups attached to an aromatic ring is 1. The van der Waals surface area contributed by atoms with Crippen LogP contribution in [0.5, 0.6) is 5.75 Å². The molecular formula is C14H16BrN3O2. The molecule has 0 saturated heterocycles. The van der Waals surface area contributed by atoms with Crippen molar-refractivity contribution in [2.75, 3.05) is 12.3 Å². The Balaban J connectivity index is 2.00. The first-order chi connectivity index (χ1) is 9.58. The molecule has 2 N–H and O–H groups in total. The van der Waals surface area contributed by atoms with Crippen LogP contribution in [0.3, 0.4) is 0 Å². The molecule has 0 unspecified atom stereocenters. The SMILES string of the molecule is CC(=O)c1cc(Br)cc(N)c1OCCCn1ccnc1. The lowest BCUT2D eigenvalue weighted by Crippen LogP contribution is -2.08. The zero-order chi connectivity index (χ0) is 14.5. The first kappa shape index (κ1) is 14.6. The van der Waals surface area contributed by atoms with Gasteiger partial charge in [0.05, 0.1) is 24.2 Å². The lowest BCUT2D eigenvalue weighted by atomic mass is 10.1. The molecular weight excluding hydrogens is 322 g/mol. The Morgan fingerprint density at radius 1 is 1.50 bits per heavy atom. The van der Waals surface area contributed by atoms with Crippen LogP contribution in [-0.4, -0.2) is 21.9 Å². The van der Waals surface area contributed by atoms with Gasteiger partial charge in [-0.15, -0.1) is 0 Å². The number of aromatic nitrogens is 2. The van der Waals surface area contributed by atoms with Gasteiger partial charge in [0.2, 0.25) is 0 Å². The highest BCUT2D eigenvalue weighted by atomic mass is 79.9. The predicted octanol–water partition coefficient (Wildman–Crippen LogP) is 2.90. The molecule has 6 heteroatoms. The number of nitrogens with zero attached hydrogens (tertiary/aromatic N) is 2. The Kier molecular flexibility index (Phi) is 4.79. The van der Waals surface area contributed by atoms with Crippen LogP contribution in [0.2, 0.25) is 0 Å². The summed E-state index contributed by atoms with van der Waals surface area (Å²) >= 11 is 3.33. The van der Waals surface area contributed by atoms with Gasteiger partial charge in [-0.3, -0.25) is 4.79 Å². The van der Waals surface area contributed by atoms with E-state index in [-0.39, 0.29) is 5.78 Å². The van der Waals surface area contributed by atoms with Gasteiger partial charge in [0.15, 0.2) is 11.5 Å². The van der Waals surface area contributed by atoms with E-state index in [2.05, 4.69) is 20.9 Å². The van der Waals surface area contributed by atoms with Crippen LogP contribution in [0.25, 0.3) is 0 Å². The van der Waals surface area contributed by atoms with Crippen molar-refractivity contribution < 1.29 is 9.53 Å². The second-order valence-corrected chi connectivity index (χ2v) is 5.35. The van der Waals surface area contributed by atoms with Crippen LogP contribution < -0.4 is 10.5 Å². The molecule has 0 spiro atoms. The molecule has 0 fully saturated rings. The maximum absolute atomic E-state index is 11.6. The number of hydrogen-bond acceptors (Lipinski definition) is 4. The molecule has 0 bridgehead atoms. The van der Waals surface area contributed by atoms with Gasteiger partial charge in [0, 0.05) is 23.4 Å². The van der Waals surface area contributed by atoms with E-state index in [4.69, 9.17) is 10.5 Å². The molecule has 1 aromatic heterocycles. The third kappa shape index (κ3) is 3.60. The van der Waals surface area contributed by atoms with Crippen molar-refractivity contribution in [2.24, 2.45) is 0 Å². The van der Waals surface area contributed by atoms with Crippen molar-refractivity contribution >= 4 is 27.4 Å². The topological polar surface area (TPSA) is 70.1 Å². The number of Topliss-reactive ketones (excluding diaryl/α,β-unsaturated/α-hetero) is 1.